The van der Waals surface area contributed by atoms with E-state index in [0.29, 0.717) is 6.04 Å². The summed E-state index contributed by atoms with van der Waals surface area (Å²) in [4.78, 5) is 6.88. The third-order valence-electron chi connectivity index (χ3n) is 2.65. The molecule has 0 atom stereocenters. The smallest absolute Gasteiger partial charge is 0.128 e. The molecule has 0 unspecified atom stereocenters. The van der Waals surface area contributed by atoms with Gasteiger partial charge in [0.1, 0.15) is 5.82 Å². The summed E-state index contributed by atoms with van der Waals surface area (Å²) in [6, 6.07) is 4.67. The minimum atomic E-state index is 0.535. The average molecular weight is 300 g/mol. The van der Waals surface area contributed by atoms with E-state index in [4.69, 9.17) is 0 Å². The summed E-state index contributed by atoms with van der Waals surface area (Å²) < 4.78 is 1.07. The fourth-order valence-electron chi connectivity index (χ4n) is 1.63. The predicted octanol–water partition coefficient (Wildman–Crippen LogP) is 2.98. The van der Waals surface area contributed by atoms with Crippen molar-refractivity contribution in [3.8, 4) is 0 Å². The molecule has 0 aromatic carbocycles. The molecule has 0 aliphatic rings. The van der Waals surface area contributed by atoms with E-state index in [-0.39, 0.29) is 0 Å². The third kappa shape index (κ3) is 4.64. The number of aryl methyl sites for hydroxylation is 1. The molecule has 1 N–H and O–H groups in total. The molecule has 0 fully saturated rings. The molecule has 3 nitrogen and oxygen atoms in total. The van der Waals surface area contributed by atoms with Crippen LogP contribution in [0.4, 0.5) is 5.82 Å². The van der Waals surface area contributed by atoms with Crippen molar-refractivity contribution >= 4 is 21.7 Å². The Hall–Kier alpha value is -0.610. The molecular weight excluding hydrogens is 278 g/mol. The molecule has 1 aromatic rings. The van der Waals surface area contributed by atoms with Gasteiger partial charge in [-0.3, -0.25) is 0 Å². The van der Waals surface area contributed by atoms with Gasteiger partial charge in [-0.2, -0.15) is 0 Å². The predicted molar refractivity (Wildman–Crippen MR) is 77.7 cm³/mol. The van der Waals surface area contributed by atoms with Crippen molar-refractivity contribution in [3.63, 3.8) is 0 Å². The maximum Gasteiger partial charge on any atom is 0.128 e. The second-order valence-corrected chi connectivity index (χ2v) is 5.28. The molecule has 1 rings (SSSR count). The molecule has 0 radical (unpaired) electrons. The third-order valence-corrected chi connectivity index (χ3v) is 3.48. The molecule has 0 saturated carbocycles. The number of aromatic nitrogens is 1. The number of hydrogen-bond donors (Lipinski definition) is 1. The lowest BCUT2D eigenvalue weighted by atomic mass is 10.3. The lowest BCUT2D eigenvalue weighted by Gasteiger charge is -2.23. The average Bonchev–Trinajstić information content (AvgIpc) is 2.28. The quantitative estimate of drug-likeness (QED) is 0.875. The molecule has 0 amide bonds. The van der Waals surface area contributed by atoms with Crippen molar-refractivity contribution in [1.29, 1.82) is 0 Å². The highest BCUT2D eigenvalue weighted by Gasteiger charge is 2.07. The van der Waals surface area contributed by atoms with Gasteiger partial charge in [-0.25, -0.2) is 4.98 Å². The first-order valence-electron chi connectivity index (χ1n) is 6.16. The summed E-state index contributed by atoms with van der Waals surface area (Å²) in [6.45, 7) is 11.5. The SMILES string of the molecule is CCN(CCNC(C)C)c1ccc(Br)c(C)n1. The van der Waals surface area contributed by atoms with Crippen LogP contribution in [0.5, 0.6) is 0 Å². The van der Waals surface area contributed by atoms with Crippen LogP contribution in [0.1, 0.15) is 26.5 Å². The highest BCUT2D eigenvalue weighted by molar-refractivity contribution is 9.10. The van der Waals surface area contributed by atoms with Gasteiger partial charge in [0.15, 0.2) is 0 Å². The Kier molecular flexibility index (Phi) is 5.92. The number of nitrogens with zero attached hydrogens (tertiary/aromatic N) is 2. The second-order valence-electron chi connectivity index (χ2n) is 4.43. The van der Waals surface area contributed by atoms with E-state index >= 15 is 0 Å². The van der Waals surface area contributed by atoms with Crippen molar-refractivity contribution in [2.75, 3.05) is 24.5 Å². The van der Waals surface area contributed by atoms with Gasteiger partial charge in [0, 0.05) is 30.1 Å². The standard InChI is InChI=1S/C13H22BrN3/c1-5-17(9-8-15-10(2)3)13-7-6-12(14)11(4)16-13/h6-7,10,15H,5,8-9H2,1-4H3. The van der Waals surface area contributed by atoms with Crippen LogP contribution in [-0.2, 0) is 0 Å². The Morgan fingerprint density at radius 3 is 2.65 bits per heavy atom. The normalized spacial score (nSPS) is 10.9. The van der Waals surface area contributed by atoms with Gasteiger partial charge in [0.05, 0.1) is 5.69 Å². The number of halogens is 1. The zero-order valence-electron chi connectivity index (χ0n) is 11.1. The summed E-state index contributed by atoms with van der Waals surface area (Å²) in [6.07, 6.45) is 0. The van der Waals surface area contributed by atoms with E-state index in [1.807, 2.05) is 6.92 Å². The minimum Gasteiger partial charge on any atom is -0.356 e. The van der Waals surface area contributed by atoms with Crippen LogP contribution in [0.3, 0.4) is 0 Å². The Labute approximate surface area is 113 Å². The van der Waals surface area contributed by atoms with Crippen molar-refractivity contribution in [3.05, 3.63) is 22.3 Å². The van der Waals surface area contributed by atoms with Crippen LogP contribution in [0, 0.1) is 6.92 Å². The van der Waals surface area contributed by atoms with Crippen LogP contribution >= 0.6 is 15.9 Å². The molecule has 96 valence electrons. The van der Waals surface area contributed by atoms with Crippen LogP contribution in [0.2, 0.25) is 0 Å². The van der Waals surface area contributed by atoms with Gasteiger partial charge in [0.25, 0.3) is 0 Å². The van der Waals surface area contributed by atoms with Gasteiger partial charge in [-0.1, -0.05) is 13.8 Å². The van der Waals surface area contributed by atoms with Crippen molar-refractivity contribution < 1.29 is 0 Å². The van der Waals surface area contributed by atoms with Crippen LogP contribution in [-0.4, -0.2) is 30.7 Å². The highest BCUT2D eigenvalue weighted by Crippen LogP contribution is 2.18. The zero-order chi connectivity index (χ0) is 12.8. The topological polar surface area (TPSA) is 28.2 Å². The van der Waals surface area contributed by atoms with Crippen LogP contribution in [0.15, 0.2) is 16.6 Å². The molecule has 0 aliphatic carbocycles. The summed E-state index contributed by atoms with van der Waals surface area (Å²) in [5.74, 6) is 1.05. The van der Waals surface area contributed by atoms with Gasteiger partial charge >= 0.3 is 0 Å². The summed E-state index contributed by atoms with van der Waals surface area (Å²) in [7, 11) is 0. The number of rotatable bonds is 6. The van der Waals surface area contributed by atoms with E-state index in [1.165, 1.54) is 0 Å². The van der Waals surface area contributed by atoms with E-state index in [9.17, 15) is 0 Å². The lowest BCUT2D eigenvalue weighted by Crippen LogP contribution is -2.35. The van der Waals surface area contributed by atoms with Crippen molar-refractivity contribution in [2.45, 2.75) is 33.7 Å². The Morgan fingerprint density at radius 1 is 1.41 bits per heavy atom. The molecule has 0 aliphatic heterocycles. The van der Waals surface area contributed by atoms with E-state index < -0.39 is 0 Å². The number of anilines is 1. The number of likely N-dealkylation sites (N-methyl/N-ethyl adjacent to an activating group) is 1. The summed E-state index contributed by atoms with van der Waals surface area (Å²) in [5.41, 5.74) is 1.04. The molecule has 4 heteroatoms. The van der Waals surface area contributed by atoms with Gasteiger partial charge in [0.2, 0.25) is 0 Å². The van der Waals surface area contributed by atoms with E-state index in [0.717, 1.165) is 35.6 Å². The first kappa shape index (κ1) is 14.5. The first-order valence-corrected chi connectivity index (χ1v) is 6.95. The molecular formula is C13H22BrN3. The molecule has 0 spiro atoms. The maximum absolute atomic E-state index is 4.59. The molecule has 1 aromatic heterocycles. The van der Waals surface area contributed by atoms with E-state index in [2.05, 4.69) is 64.0 Å². The fourth-order valence-corrected chi connectivity index (χ4v) is 1.85. The first-order chi connectivity index (χ1) is 8.04. The zero-order valence-corrected chi connectivity index (χ0v) is 12.7. The Balaban J connectivity index is 2.62. The molecule has 17 heavy (non-hydrogen) atoms. The van der Waals surface area contributed by atoms with Gasteiger partial charge in [-0.15, -0.1) is 0 Å². The lowest BCUT2D eigenvalue weighted by molar-refractivity contribution is 0.582. The van der Waals surface area contributed by atoms with Crippen LogP contribution < -0.4 is 10.2 Å². The van der Waals surface area contributed by atoms with Crippen molar-refractivity contribution in [1.82, 2.24) is 10.3 Å². The van der Waals surface area contributed by atoms with Gasteiger partial charge in [-0.05, 0) is 41.9 Å². The number of pyridine rings is 1. The van der Waals surface area contributed by atoms with Crippen LogP contribution in [0.25, 0.3) is 0 Å². The van der Waals surface area contributed by atoms with E-state index in [1.54, 1.807) is 0 Å². The largest absolute Gasteiger partial charge is 0.356 e. The molecule has 0 bridgehead atoms. The minimum absolute atomic E-state index is 0.535. The monoisotopic (exact) mass is 299 g/mol. The highest BCUT2D eigenvalue weighted by atomic mass is 79.9. The molecule has 0 saturated heterocycles. The summed E-state index contributed by atoms with van der Waals surface area (Å²) >= 11 is 3.48. The Bertz CT molecular complexity index is 353. The Morgan fingerprint density at radius 2 is 2.12 bits per heavy atom. The summed E-state index contributed by atoms with van der Waals surface area (Å²) in [5, 5.41) is 3.43. The molecule has 1 heterocycles. The van der Waals surface area contributed by atoms with Gasteiger partial charge < -0.3 is 10.2 Å². The second kappa shape index (κ2) is 6.97. The maximum atomic E-state index is 4.59. The number of nitrogens with one attached hydrogen (secondary N) is 1. The fraction of sp³-hybridized carbons (Fsp3) is 0.615. The number of hydrogen-bond acceptors (Lipinski definition) is 3. The van der Waals surface area contributed by atoms with Crippen molar-refractivity contribution in [2.24, 2.45) is 0 Å².